The van der Waals surface area contributed by atoms with Gasteiger partial charge in [0.25, 0.3) is 0 Å². The molecule has 0 unspecified atom stereocenters. The lowest BCUT2D eigenvalue weighted by Crippen LogP contribution is -2.26. The minimum absolute atomic E-state index is 0.0510. The number of rotatable bonds is 10. The Kier molecular flexibility index (Phi) is 10.2. The van der Waals surface area contributed by atoms with Gasteiger partial charge in [-0.3, -0.25) is 0 Å². The van der Waals surface area contributed by atoms with Crippen LogP contribution in [0.3, 0.4) is 0 Å². The maximum Gasteiger partial charge on any atom is 0.432 e. The smallest absolute Gasteiger partial charge is 0.429 e. The van der Waals surface area contributed by atoms with Crippen LogP contribution in [0.5, 0.6) is 5.75 Å². The number of hydrogen-bond donors (Lipinski definition) is 0. The molecule has 1 saturated carbocycles. The quantitative estimate of drug-likeness (QED) is 0.170. The first kappa shape index (κ1) is 32.1. The van der Waals surface area contributed by atoms with Crippen molar-refractivity contribution in [3.63, 3.8) is 0 Å². The zero-order valence-electron chi connectivity index (χ0n) is 23.3. The first-order chi connectivity index (χ1) is 20.4. The van der Waals surface area contributed by atoms with Crippen LogP contribution in [0.1, 0.15) is 97.9 Å². The van der Waals surface area contributed by atoms with Gasteiger partial charge in [-0.1, -0.05) is 44.0 Å². The Morgan fingerprint density at radius 1 is 0.814 bits per heavy atom. The molecule has 1 aliphatic rings. The van der Waals surface area contributed by atoms with E-state index in [-0.39, 0.29) is 29.4 Å². The second kappa shape index (κ2) is 13.6. The molecule has 0 aromatic heterocycles. The molecule has 3 aromatic carbocycles. The molecule has 3 aromatic rings. The molecule has 0 aliphatic heterocycles. The van der Waals surface area contributed by atoms with E-state index in [2.05, 4.69) is 4.74 Å². The maximum atomic E-state index is 14.9. The van der Waals surface area contributed by atoms with Gasteiger partial charge >= 0.3 is 6.11 Å². The second-order valence-electron chi connectivity index (χ2n) is 10.7. The van der Waals surface area contributed by atoms with Gasteiger partial charge in [0.1, 0.15) is 52.0 Å². The summed E-state index contributed by atoms with van der Waals surface area (Å²) in [5, 5.41) is 8.71. The summed E-state index contributed by atoms with van der Waals surface area (Å²) in [6, 6.07) is 10.0. The Morgan fingerprint density at radius 2 is 1.35 bits per heavy atom. The molecule has 1 aliphatic carbocycles. The number of alkyl halides is 2. The summed E-state index contributed by atoms with van der Waals surface area (Å²) in [5.41, 5.74) is -1.46. The van der Waals surface area contributed by atoms with Crippen LogP contribution in [0.15, 0.2) is 54.4 Å². The standard InChI is InChI=1S/C33H29F8NO/c1-2-3-4-5-26(34)32(39)22-12-10-20(11-13-22)19-6-8-21(9-7-19)23-14-29(37)31(30(38)15-23)33(40,41)43-24-16-27(35)25(18-42)28(36)17-24/h10-17,19,21H,2-9H2,1H3/b32-26+. The summed E-state index contributed by atoms with van der Waals surface area (Å²) in [6.07, 6.45) is -0.0294. The second-order valence-corrected chi connectivity index (χ2v) is 10.7. The molecular weight excluding hydrogens is 578 g/mol. The van der Waals surface area contributed by atoms with Gasteiger partial charge in [-0.05, 0) is 67.2 Å². The van der Waals surface area contributed by atoms with Crippen molar-refractivity contribution in [3.8, 4) is 11.8 Å². The van der Waals surface area contributed by atoms with Crippen LogP contribution in [-0.2, 0) is 6.11 Å². The van der Waals surface area contributed by atoms with Crippen LogP contribution in [0.25, 0.3) is 5.83 Å². The van der Waals surface area contributed by atoms with E-state index in [1.165, 1.54) is 18.2 Å². The normalized spacial score (nSPS) is 17.8. The van der Waals surface area contributed by atoms with Crippen LogP contribution in [0.2, 0.25) is 0 Å². The third-order valence-electron chi connectivity index (χ3n) is 7.80. The molecule has 228 valence electrons. The summed E-state index contributed by atoms with van der Waals surface area (Å²) in [6.45, 7) is 1.98. The first-order valence-corrected chi connectivity index (χ1v) is 14.0. The van der Waals surface area contributed by atoms with Gasteiger partial charge in [-0.15, -0.1) is 0 Å². The minimum Gasteiger partial charge on any atom is -0.429 e. The van der Waals surface area contributed by atoms with Crippen LogP contribution in [0.4, 0.5) is 35.1 Å². The van der Waals surface area contributed by atoms with E-state index in [0.29, 0.717) is 44.2 Å². The topological polar surface area (TPSA) is 33.0 Å². The number of benzene rings is 3. The fraction of sp³-hybridized carbons (Fsp3) is 0.364. The summed E-state index contributed by atoms with van der Waals surface area (Å²) in [7, 11) is 0. The van der Waals surface area contributed by atoms with Crippen molar-refractivity contribution < 1.29 is 39.9 Å². The molecule has 0 atom stereocenters. The molecule has 4 rings (SSSR count). The van der Waals surface area contributed by atoms with Gasteiger partial charge in [-0.25, -0.2) is 26.3 Å². The van der Waals surface area contributed by atoms with Crippen molar-refractivity contribution in [2.45, 2.75) is 76.2 Å². The Hall–Kier alpha value is -3.87. The Balaban J connectivity index is 1.42. The molecule has 10 heteroatoms. The number of hydrogen-bond acceptors (Lipinski definition) is 2. The van der Waals surface area contributed by atoms with Gasteiger partial charge in [0.2, 0.25) is 0 Å². The number of nitriles is 1. The highest BCUT2D eigenvalue weighted by molar-refractivity contribution is 5.61. The number of allylic oxidation sites excluding steroid dienone is 1. The molecule has 2 nitrogen and oxygen atoms in total. The Morgan fingerprint density at radius 3 is 1.86 bits per heavy atom. The highest BCUT2D eigenvalue weighted by Gasteiger charge is 2.42. The van der Waals surface area contributed by atoms with E-state index in [9.17, 15) is 35.1 Å². The van der Waals surface area contributed by atoms with Gasteiger partial charge < -0.3 is 4.74 Å². The van der Waals surface area contributed by atoms with E-state index in [4.69, 9.17) is 5.26 Å². The third kappa shape index (κ3) is 7.38. The van der Waals surface area contributed by atoms with Crippen LogP contribution < -0.4 is 4.74 Å². The van der Waals surface area contributed by atoms with E-state index >= 15 is 0 Å². The maximum absolute atomic E-state index is 14.9. The lowest BCUT2D eigenvalue weighted by Gasteiger charge is -2.29. The SMILES string of the molecule is CCCCC/C(F)=C(\F)c1ccc(C2CCC(c3cc(F)c(C(F)(F)Oc4cc(F)c(C#N)c(F)c4)c(F)c3)CC2)cc1. The average Bonchev–Trinajstić information content (AvgIpc) is 2.96. The largest absolute Gasteiger partial charge is 0.432 e. The third-order valence-corrected chi connectivity index (χ3v) is 7.80. The predicted octanol–water partition coefficient (Wildman–Crippen LogP) is 10.9. The van der Waals surface area contributed by atoms with E-state index in [1.807, 2.05) is 6.92 Å². The minimum atomic E-state index is -4.61. The van der Waals surface area contributed by atoms with Gasteiger partial charge in [0.05, 0.1) is 0 Å². The van der Waals surface area contributed by atoms with E-state index in [1.54, 1.807) is 12.1 Å². The fourth-order valence-corrected chi connectivity index (χ4v) is 5.48. The van der Waals surface area contributed by atoms with Crippen molar-refractivity contribution in [2.75, 3.05) is 0 Å². The predicted molar refractivity (Wildman–Crippen MR) is 146 cm³/mol. The first-order valence-electron chi connectivity index (χ1n) is 14.0. The molecule has 0 radical (unpaired) electrons. The molecule has 0 amide bonds. The number of halogens is 8. The molecule has 0 spiro atoms. The molecule has 1 fully saturated rings. The van der Waals surface area contributed by atoms with Crippen molar-refractivity contribution in [1.29, 1.82) is 5.26 Å². The van der Waals surface area contributed by atoms with Gasteiger partial charge in [-0.2, -0.15) is 14.0 Å². The summed E-state index contributed by atoms with van der Waals surface area (Å²) in [5.74, 6) is -9.02. The summed E-state index contributed by atoms with van der Waals surface area (Å²) >= 11 is 0. The van der Waals surface area contributed by atoms with Crippen molar-refractivity contribution in [1.82, 2.24) is 0 Å². The highest BCUT2D eigenvalue weighted by atomic mass is 19.3. The monoisotopic (exact) mass is 607 g/mol. The molecule has 0 bridgehead atoms. The lowest BCUT2D eigenvalue weighted by atomic mass is 9.76. The van der Waals surface area contributed by atoms with Crippen molar-refractivity contribution >= 4 is 5.83 Å². The van der Waals surface area contributed by atoms with Crippen LogP contribution in [-0.4, -0.2) is 0 Å². The number of unbranched alkanes of at least 4 members (excludes halogenated alkanes) is 2. The lowest BCUT2D eigenvalue weighted by molar-refractivity contribution is -0.189. The van der Waals surface area contributed by atoms with E-state index < -0.39 is 57.9 Å². The molecule has 0 heterocycles. The fourth-order valence-electron chi connectivity index (χ4n) is 5.48. The molecular formula is C33H29F8NO. The van der Waals surface area contributed by atoms with Crippen molar-refractivity contribution in [3.05, 3.63) is 105 Å². The van der Waals surface area contributed by atoms with Crippen molar-refractivity contribution in [2.24, 2.45) is 0 Å². The molecule has 0 N–H and O–H groups in total. The van der Waals surface area contributed by atoms with Crippen LogP contribution >= 0.6 is 0 Å². The number of nitrogens with zero attached hydrogens (tertiary/aromatic N) is 1. The zero-order chi connectivity index (χ0) is 31.3. The Labute approximate surface area is 244 Å². The van der Waals surface area contributed by atoms with E-state index in [0.717, 1.165) is 30.5 Å². The Bertz CT molecular complexity index is 1470. The average molecular weight is 608 g/mol. The van der Waals surface area contributed by atoms with Crippen LogP contribution in [0, 0.1) is 34.6 Å². The summed E-state index contributed by atoms with van der Waals surface area (Å²) < 4.78 is 120. The highest BCUT2D eigenvalue weighted by Crippen LogP contribution is 2.43. The van der Waals surface area contributed by atoms with Gasteiger partial charge in [0, 0.05) is 24.1 Å². The van der Waals surface area contributed by atoms with Gasteiger partial charge in [0.15, 0.2) is 5.83 Å². The number of ether oxygens (including phenoxy) is 1. The zero-order valence-corrected chi connectivity index (χ0v) is 23.3. The molecule has 43 heavy (non-hydrogen) atoms. The molecule has 0 saturated heterocycles. The summed E-state index contributed by atoms with van der Waals surface area (Å²) in [4.78, 5) is 0.